The van der Waals surface area contributed by atoms with E-state index in [1.807, 2.05) is 11.9 Å². The third kappa shape index (κ3) is 3.87. The van der Waals surface area contributed by atoms with Gasteiger partial charge in [0, 0.05) is 12.7 Å². The van der Waals surface area contributed by atoms with Crippen LogP contribution in [0.25, 0.3) is 0 Å². The molecule has 1 heterocycles. The van der Waals surface area contributed by atoms with Gasteiger partial charge in [-0.25, -0.2) is 4.79 Å². The van der Waals surface area contributed by atoms with E-state index in [0.717, 1.165) is 6.20 Å². The van der Waals surface area contributed by atoms with Gasteiger partial charge >= 0.3 is 5.69 Å². The summed E-state index contributed by atoms with van der Waals surface area (Å²) in [4.78, 5) is 37.7. The molecule has 17 heavy (non-hydrogen) atoms. The molecule has 94 valence electrons. The fourth-order valence-electron chi connectivity index (χ4n) is 1.23. The lowest BCUT2D eigenvalue weighted by Gasteiger charge is -2.08. The maximum atomic E-state index is 11.5. The van der Waals surface area contributed by atoms with Gasteiger partial charge in [-0.15, -0.1) is 0 Å². The number of aliphatic hydroxyl groups excluding tert-OH is 1. The molecule has 0 aromatic carbocycles. The van der Waals surface area contributed by atoms with E-state index in [0.29, 0.717) is 12.8 Å². The van der Waals surface area contributed by atoms with Crippen molar-refractivity contribution < 1.29 is 9.90 Å². The molecule has 0 bridgehead atoms. The predicted molar refractivity (Wildman–Crippen MR) is 60.9 cm³/mol. The van der Waals surface area contributed by atoms with E-state index in [-0.39, 0.29) is 12.1 Å². The number of aromatic amines is 2. The fraction of sp³-hybridized carbons (Fsp3) is 0.500. The first-order chi connectivity index (χ1) is 8.04. The van der Waals surface area contributed by atoms with Crippen LogP contribution in [0.3, 0.4) is 0 Å². The van der Waals surface area contributed by atoms with Crippen LogP contribution in [0.4, 0.5) is 0 Å². The standard InChI is InChI=1S/C10H15N3O4/c1-2-6(14)3-4-11-8(15)7-5-12-10(17)13-9(7)16/h5-6,14H,2-4H2,1H3,(H,11,15)(H2,12,13,16,17). The molecule has 1 amide bonds. The second kappa shape index (κ2) is 6.00. The summed E-state index contributed by atoms with van der Waals surface area (Å²) in [5, 5.41) is 11.7. The minimum atomic E-state index is -0.734. The first-order valence-electron chi connectivity index (χ1n) is 5.33. The molecule has 0 aliphatic heterocycles. The van der Waals surface area contributed by atoms with Crippen molar-refractivity contribution in [2.45, 2.75) is 25.9 Å². The maximum Gasteiger partial charge on any atom is 0.325 e. The third-order valence-electron chi connectivity index (χ3n) is 2.30. The van der Waals surface area contributed by atoms with Crippen LogP contribution >= 0.6 is 0 Å². The summed E-state index contributed by atoms with van der Waals surface area (Å²) in [6.07, 6.45) is 1.62. The third-order valence-corrected chi connectivity index (χ3v) is 2.30. The smallest absolute Gasteiger partial charge is 0.325 e. The number of carbonyl (C=O) groups excluding carboxylic acids is 1. The molecular weight excluding hydrogens is 226 g/mol. The molecule has 0 spiro atoms. The van der Waals surface area contributed by atoms with E-state index in [1.165, 1.54) is 0 Å². The normalized spacial score (nSPS) is 12.1. The zero-order chi connectivity index (χ0) is 12.8. The van der Waals surface area contributed by atoms with Gasteiger partial charge < -0.3 is 15.4 Å². The molecule has 0 aliphatic carbocycles. The second-order valence-corrected chi connectivity index (χ2v) is 3.59. The Balaban J connectivity index is 2.59. The van der Waals surface area contributed by atoms with Gasteiger partial charge in [-0.1, -0.05) is 6.92 Å². The van der Waals surface area contributed by atoms with E-state index in [1.54, 1.807) is 0 Å². The maximum absolute atomic E-state index is 11.5. The summed E-state index contributed by atoms with van der Waals surface area (Å²) >= 11 is 0. The van der Waals surface area contributed by atoms with Gasteiger partial charge in [-0.2, -0.15) is 0 Å². The molecule has 0 radical (unpaired) electrons. The Morgan fingerprint density at radius 2 is 2.24 bits per heavy atom. The highest BCUT2D eigenvalue weighted by Gasteiger charge is 2.10. The Labute approximate surface area is 96.9 Å². The molecule has 0 fully saturated rings. The average Bonchev–Trinajstić information content (AvgIpc) is 2.28. The minimum absolute atomic E-state index is 0.157. The van der Waals surface area contributed by atoms with E-state index in [9.17, 15) is 19.5 Å². The van der Waals surface area contributed by atoms with Crippen LogP contribution in [0.1, 0.15) is 30.1 Å². The molecule has 1 atom stereocenters. The van der Waals surface area contributed by atoms with Gasteiger partial charge in [0.05, 0.1) is 6.10 Å². The monoisotopic (exact) mass is 241 g/mol. The molecule has 1 aromatic rings. The highest BCUT2D eigenvalue weighted by molar-refractivity contribution is 5.93. The van der Waals surface area contributed by atoms with Crippen LogP contribution in [0.2, 0.25) is 0 Å². The lowest BCUT2D eigenvalue weighted by atomic mass is 10.2. The van der Waals surface area contributed by atoms with Crippen molar-refractivity contribution in [3.05, 3.63) is 32.6 Å². The van der Waals surface area contributed by atoms with Crippen molar-refractivity contribution in [3.8, 4) is 0 Å². The van der Waals surface area contributed by atoms with Crippen LogP contribution in [-0.4, -0.2) is 33.6 Å². The van der Waals surface area contributed by atoms with Crippen molar-refractivity contribution in [2.24, 2.45) is 0 Å². The van der Waals surface area contributed by atoms with Crippen molar-refractivity contribution >= 4 is 5.91 Å². The summed E-state index contributed by atoms with van der Waals surface area (Å²) in [6.45, 7) is 2.10. The van der Waals surface area contributed by atoms with Gasteiger partial charge in [0.1, 0.15) is 5.56 Å². The van der Waals surface area contributed by atoms with E-state index in [4.69, 9.17) is 0 Å². The molecule has 1 rings (SSSR count). The highest BCUT2D eigenvalue weighted by atomic mass is 16.3. The molecule has 0 saturated heterocycles. The lowest BCUT2D eigenvalue weighted by Crippen LogP contribution is -2.34. The van der Waals surface area contributed by atoms with Gasteiger partial charge in [0.15, 0.2) is 0 Å². The van der Waals surface area contributed by atoms with Gasteiger partial charge in [0.25, 0.3) is 11.5 Å². The Bertz CT molecular complexity index is 491. The van der Waals surface area contributed by atoms with Crippen LogP contribution in [0, 0.1) is 0 Å². The first kappa shape index (κ1) is 13.2. The first-order valence-corrected chi connectivity index (χ1v) is 5.33. The molecule has 7 heteroatoms. The molecule has 7 nitrogen and oxygen atoms in total. The number of aliphatic hydroxyl groups is 1. The number of rotatable bonds is 5. The summed E-state index contributed by atoms with van der Waals surface area (Å²) in [5.41, 5.74) is -1.55. The quantitative estimate of drug-likeness (QED) is 0.526. The predicted octanol–water partition coefficient (Wildman–Crippen LogP) is -1.05. The van der Waals surface area contributed by atoms with Gasteiger partial charge in [-0.3, -0.25) is 14.6 Å². The Morgan fingerprint density at radius 1 is 1.53 bits per heavy atom. The van der Waals surface area contributed by atoms with Crippen LogP contribution in [0.15, 0.2) is 15.8 Å². The average molecular weight is 241 g/mol. The molecular formula is C10H15N3O4. The molecule has 0 aliphatic rings. The number of amides is 1. The molecule has 0 saturated carbocycles. The van der Waals surface area contributed by atoms with Crippen LogP contribution < -0.4 is 16.6 Å². The Morgan fingerprint density at radius 3 is 2.82 bits per heavy atom. The zero-order valence-electron chi connectivity index (χ0n) is 9.45. The summed E-state index contributed by atoms with van der Waals surface area (Å²) in [6, 6.07) is 0. The molecule has 1 aromatic heterocycles. The fourth-order valence-corrected chi connectivity index (χ4v) is 1.23. The molecule has 1 unspecified atom stereocenters. The van der Waals surface area contributed by atoms with Crippen molar-refractivity contribution in [2.75, 3.05) is 6.54 Å². The number of carbonyl (C=O) groups is 1. The van der Waals surface area contributed by atoms with Gasteiger partial charge in [0.2, 0.25) is 0 Å². The number of hydrogen-bond donors (Lipinski definition) is 4. The van der Waals surface area contributed by atoms with Gasteiger partial charge in [-0.05, 0) is 12.8 Å². The van der Waals surface area contributed by atoms with Crippen molar-refractivity contribution in [1.29, 1.82) is 0 Å². The number of hydrogen-bond acceptors (Lipinski definition) is 4. The SMILES string of the molecule is CCC(O)CCNC(=O)c1c[nH]c(=O)[nH]c1=O. The number of aromatic nitrogens is 2. The summed E-state index contributed by atoms with van der Waals surface area (Å²) < 4.78 is 0. The van der Waals surface area contributed by atoms with E-state index in [2.05, 4.69) is 10.3 Å². The minimum Gasteiger partial charge on any atom is -0.393 e. The van der Waals surface area contributed by atoms with Crippen molar-refractivity contribution in [3.63, 3.8) is 0 Å². The second-order valence-electron chi connectivity index (χ2n) is 3.59. The molecule has 4 N–H and O–H groups in total. The van der Waals surface area contributed by atoms with E-state index >= 15 is 0 Å². The summed E-state index contributed by atoms with van der Waals surface area (Å²) in [5.74, 6) is -0.578. The lowest BCUT2D eigenvalue weighted by molar-refractivity contribution is 0.0940. The Hall–Kier alpha value is -1.89. The van der Waals surface area contributed by atoms with Crippen LogP contribution in [0.5, 0.6) is 0 Å². The largest absolute Gasteiger partial charge is 0.393 e. The van der Waals surface area contributed by atoms with Crippen molar-refractivity contribution in [1.82, 2.24) is 15.3 Å². The highest BCUT2D eigenvalue weighted by Crippen LogP contribution is 1.94. The van der Waals surface area contributed by atoms with Crippen LogP contribution in [-0.2, 0) is 0 Å². The summed E-state index contributed by atoms with van der Waals surface area (Å²) in [7, 11) is 0. The topological polar surface area (TPSA) is 115 Å². The van der Waals surface area contributed by atoms with E-state index < -0.39 is 23.3 Å². The zero-order valence-corrected chi connectivity index (χ0v) is 9.45. The Kier molecular flexibility index (Phi) is 4.65. The number of H-pyrrole nitrogens is 2. The number of nitrogens with one attached hydrogen (secondary N) is 3.